The van der Waals surface area contributed by atoms with E-state index < -0.39 is 18.1 Å². The van der Waals surface area contributed by atoms with Crippen LogP contribution in [0.25, 0.3) is 0 Å². The molecule has 0 aromatic heterocycles. The van der Waals surface area contributed by atoms with Crippen molar-refractivity contribution < 1.29 is 23.1 Å². The number of aliphatic hydroxyl groups excluding tert-OH is 1. The first-order valence-corrected chi connectivity index (χ1v) is 4.24. The Labute approximate surface area is 88.3 Å². The van der Waals surface area contributed by atoms with Crippen LogP contribution in [0.1, 0.15) is 10.4 Å². The average Bonchev–Trinajstić information content (AvgIpc) is 2.14. The van der Waals surface area contributed by atoms with Gasteiger partial charge in [0.25, 0.3) is 0 Å². The lowest BCUT2D eigenvalue weighted by atomic mass is 10.1. The van der Waals surface area contributed by atoms with Crippen LogP contribution in [0.15, 0.2) is 24.3 Å². The molecule has 0 heterocycles. The lowest BCUT2D eigenvalue weighted by Gasteiger charge is -2.13. The lowest BCUT2D eigenvalue weighted by molar-refractivity contribution is -0.186. The maximum absolute atomic E-state index is 12.0. The van der Waals surface area contributed by atoms with Crippen molar-refractivity contribution in [3.8, 4) is 0 Å². The van der Waals surface area contributed by atoms with Gasteiger partial charge < -0.3 is 5.11 Å². The van der Waals surface area contributed by atoms with Gasteiger partial charge in [0, 0.05) is 10.6 Å². The van der Waals surface area contributed by atoms with Crippen molar-refractivity contribution in [2.24, 2.45) is 0 Å². The van der Waals surface area contributed by atoms with E-state index in [1.54, 1.807) is 0 Å². The smallest absolute Gasteiger partial charge is 0.377 e. The summed E-state index contributed by atoms with van der Waals surface area (Å²) in [4.78, 5) is 11.1. The minimum absolute atomic E-state index is 0.134. The number of hydrogen-bond donors (Lipinski definition) is 1. The van der Waals surface area contributed by atoms with Crippen molar-refractivity contribution >= 4 is 17.4 Å². The number of hydrogen-bond acceptors (Lipinski definition) is 2. The first-order valence-electron chi connectivity index (χ1n) is 3.87. The molecule has 1 aromatic carbocycles. The highest BCUT2D eigenvalue weighted by molar-refractivity contribution is 6.31. The van der Waals surface area contributed by atoms with E-state index in [2.05, 4.69) is 0 Å². The van der Waals surface area contributed by atoms with Crippen molar-refractivity contribution in [1.82, 2.24) is 0 Å². The van der Waals surface area contributed by atoms with Crippen LogP contribution in [0.5, 0.6) is 0 Å². The quantitative estimate of drug-likeness (QED) is 0.804. The first kappa shape index (κ1) is 12.0. The van der Waals surface area contributed by atoms with E-state index in [1.165, 1.54) is 12.1 Å². The van der Waals surface area contributed by atoms with Crippen LogP contribution in [-0.2, 0) is 0 Å². The summed E-state index contributed by atoms with van der Waals surface area (Å²) in [6.45, 7) is 0. The SMILES string of the molecule is O=C(c1cccc(Cl)c1)C(O)C(F)(F)F. The monoisotopic (exact) mass is 238 g/mol. The highest BCUT2D eigenvalue weighted by Crippen LogP contribution is 2.23. The van der Waals surface area contributed by atoms with Crippen molar-refractivity contribution in [3.05, 3.63) is 34.9 Å². The van der Waals surface area contributed by atoms with Crippen molar-refractivity contribution in [1.29, 1.82) is 0 Å². The van der Waals surface area contributed by atoms with Crippen LogP contribution >= 0.6 is 11.6 Å². The fourth-order valence-electron chi connectivity index (χ4n) is 0.948. The predicted octanol–water partition coefficient (Wildman–Crippen LogP) is 2.45. The number of carbonyl (C=O) groups excluding carboxylic acids is 1. The molecular weight excluding hydrogens is 233 g/mol. The Morgan fingerprint density at radius 1 is 1.40 bits per heavy atom. The molecule has 0 saturated carbocycles. The molecule has 1 rings (SSSR count). The van der Waals surface area contributed by atoms with Gasteiger partial charge in [-0.15, -0.1) is 0 Å². The van der Waals surface area contributed by atoms with E-state index in [9.17, 15) is 18.0 Å². The zero-order valence-corrected chi connectivity index (χ0v) is 8.01. The van der Waals surface area contributed by atoms with Gasteiger partial charge in [-0.25, -0.2) is 0 Å². The Morgan fingerprint density at radius 3 is 2.47 bits per heavy atom. The molecule has 0 aliphatic rings. The summed E-state index contributed by atoms with van der Waals surface area (Å²) in [6.07, 6.45) is -7.96. The van der Waals surface area contributed by atoms with Crippen LogP contribution in [0, 0.1) is 0 Å². The lowest BCUT2D eigenvalue weighted by Crippen LogP contribution is -2.36. The second-order valence-electron chi connectivity index (χ2n) is 2.82. The number of aliphatic hydroxyl groups is 1. The largest absolute Gasteiger partial charge is 0.421 e. The fraction of sp³-hybridized carbons (Fsp3) is 0.222. The third-order valence-electron chi connectivity index (χ3n) is 1.67. The minimum Gasteiger partial charge on any atom is -0.377 e. The zero-order chi connectivity index (χ0) is 11.6. The van der Waals surface area contributed by atoms with E-state index in [1.807, 2.05) is 0 Å². The summed E-state index contributed by atoms with van der Waals surface area (Å²) in [6, 6.07) is 4.97. The second-order valence-corrected chi connectivity index (χ2v) is 3.26. The third-order valence-corrected chi connectivity index (χ3v) is 1.90. The van der Waals surface area contributed by atoms with Crippen LogP contribution in [0.2, 0.25) is 5.02 Å². The number of alkyl halides is 3. The Morgan fingerprint density at radius 2 is 2.00 bits per heavy atom. The summed E-state index contributed by atoms with van der Waals surface area (Å²) in [5, 5.41) is 8.82. The predicted molar refractivity (Wildman–Crippen MR) is 47.8 cm³/mol. The number of carbonyl (C=O) groups is 1. The van der Waals surface area contributed by atoms with Crippen LogP contribution < -0.4 is 0 Å². The van der Waals surface area contributed by atoms with Crippen molar-refractivity contribution in [2.45, 2.75) is 12.3 Å². The summed E-state index contributed by atoms with van der Waals surface area (Å²) < 4.78 is 35.9. The molecule has 0 fully saturated rings. The van der Waals surface area contributed by atoms with E-state index >= 15 is 0 Å². The standard InChI is InChI=1S/C9H6ClF3O2/c10-6-3-1-2-5(4-6)7(14)8(15)9(11,12)13/h1-4,8,15H. The molecule has 0 aliphatic carbocycles. The first-order chi connectivity index (χ1) is 6.82. The minimum atomic E-state index is -4.96. The van der Waals surface area contributed by atoms with Crippen molar-refractivity contribution in [3.63, 3.8) is 0 Å². The second kappa shape index (κ2) is 4.20. The van der Waals surface area contributed by atoms with Gasteiger partial charge in [0.15, 0.2) is 0 Å². The molecule has 1 atom stereocenters. The zero-order valence-electron chi connectivity index (χ0n) is 7.25. The maximum atomic E-state index is 12.0. The molecule has 0 amide bonds. The molecule has 0 spiro atoms. The fourth-order valence-corrected chi connectivity index (χ4v) is 1.14. The molecular formula is C9H6ClF3O2. The molecule has 6 heteroatoms. The average molecular weight is 239 g/mol. The van der Waals surface area contributed by atoms with Gasteiger partial charge in [0.1, 0.15) is 0 Å². The number of ketones is 1. The third kappa shape index (κ3) is 2.94. The van der Waals surface area contributed by atoms with E-state index in [0.717, 1.165) is 12.1 Å². The van der Waals surface area contributed by atoms with Gasteiger partial charge in [-0.05, 0) is 12.1 Å². The summed E-state index contributed by atoms with van der Waals surface area (Å²) in [7, 11) is 0. The molecule has 1 aromatic rings. The van der Waals surface area contributed by atoms with Gasteiger partial charge >= 0.3 is 6.18 Å². The summed E-state index contributed by atoms with van der Waals surface area (Å²) in [5.41, 5.74) is -0.271. The molecule has 15 heavy (non-hydrogen) atoms. The van der Waals surface area contributed by atoms with Gasteiger partial charge in [-0.2, -0.15) is 13.2 Å². The highest BCUT2D eigenvalue weighted by atomic mass is 35.5. The summed E-state index contributed by atoms with van der Waals surface area (Å²) >= 11 is 5.49. The normalized spacial score (nSPS) is 13.7. The van der Waals surface area contributed by atoms with E-state index in [-0.39, 0.29) is 10.6 Å². The number of Topliss-reactive ketones (excluding diaryl/α,β-unsaturated/α-hetero) is 1. The molecule has 0 saturated heterocycles. The van der Waals surface area contributed by atoms with Gasteiger partial charge in [-0.1, -0.05) is 23.7 Å². The van der Waals surface area contributed by atoms with Crippen molar-refractivity contribution in [2.75, 3.05) is 0 Å². The molecule has 82 valence electrons. The number of benzene rings is 1. The Hall–Kier alpha value is -1.07. The molecule has 1 N–H and O–H groups in total. The Kier molecular flexibility index (Phi) is 3.36. The number of rotatable bonds is 2. The molecule has 0 bridgehead atoms. The highest BCUT2D eigenvalue weighted by Gasteiger charge is 2.43. The molecule has 0 radical (unpaired) electrons. The number of halogens is 4. The maximum Gasteiger partial charge on any atom is 0.421 e. The van der Waals surface area contributed by atoms with Crippen LogP contribution in [0.4, 0.5) is 13.2 Å². The molecule has 0 aliphatic heterocycles. The Bertz CT molecular complexity index is 376. The summed E-state index contributed by atoms with van der Waals surface area (Å²) in [5.74, 6) is -1.41. The van der Waals surface area contributed by atoms with Crippen LogP contribution in [-0.4, -0.2) is 23.2 Å². The molecule has 1 unspecified atom stereocenters. The topological polar surface area (TPSA) is 37.3 Å². The van der Waals surface area contributed by atoms with Gasteiger partial charge in [-0.3, -0.25) is 4.79 Å². The van der Waals surface area contributed by atoms with Gasteiger partial charge in [0.05, 0.1) is 0 Å². The van der Waals surface area contributed by atoms with E-state index in [4.69, 9.17) is 16.7 Å². The van der Waals surface area contributed by atoms with Crippen LogP contribution in [0.3, 0.4) is 0 Å². The Balaban J connectivity index is 2.95. The molecule has 2 nitrogen and oxygen atoms in total. The van der Waals surface area contributed by atoms with Gasteiger partial charge in [0.2, 0.25) is 11.9 Å². The van der Waals surface area contributed by atoms with E-state index in [0.29, 0.717) is 0 Å².